The smallest absolute Gasteiger partial charge is 0.255 e. The van der Waals surface area contributed by atoms with E-state index in [4.69, 9.17) is 9.47 Å². The lowest BCUT2D eigenvalue weighted by atomic mass is 10.1. The molecule has 1 N–H and O–H groups in total. The molecule has 102 valence electrons. The predicted molar refractivity (Wildman–Crippen MR) is 76.6 cm³/mol. The van der Waals surface area contributed by atoms with Crippen LogP contribution < -0.4 is 14.8 Å². The second-order valence-electron chi connectivity index (χ2n) is 4.57. The maximum Gasteiger partial charge on any atom is 0.255 e. The van der Waals surface area contributed by atoms with Crippen LogP contribution in [0, 0.1) is 0 Å². The maximum absolute atomic E-state index is 12.2. The molecule has 4 heteroatoms. The fourth-order valence-electron chi connectivity index (χ4n) is 2.25. The number of methoxy groups -OCH3 is 1. The summed E-state index contributed by atoms with van der Waals surface area (Å²) in [6, 6.07) is 12.8. The summed E-state index contributed by atoms with van der Waals surface area (Å²) in [6.07, 6.45) is 0.890. The summed E-state index contributed by atoms with van der Waals surface area (Å²) in [5.41, 5.74) is 2.44. The Kier molecular flexibility index (Phi) is 3.29. The summed E-state index contributed by atoms with van der Waals surface area (Å²) in [4.78, 5) is 12.2. The zero-order valence-electron chi connectivity index (χ0n) is 11.2. The van der Waals surface area contributed by atoms with Crippen LogP contribution in [0.1, 0.15) is 15.9 Å². The monoisotopic (exact) mass is 269 g/mol. The number of ether oxygens (including phenoxy) is 2. The summed E-state index contributed by atoms with van der Waals surface area (Å²) >= 11 is 0. The molecule has 0 atom stereocenters. The van der Waals surface area contributed by atoms with E-state index in [1.807, 2.05) is 18.2 Å². The lowest BCUT2D eigenvalue weighted by Gasteiger charge is -2.10. The molecular weight excluding hydrogens is 254 g/mol. The van der Waals surface area contributed by atoms with Gasteiger partial charge in [-0.15, -0.1) is 0 Å². The molecule has 0 bridgehead atoms. The Morgan fingerprint density at radius 3 is 2.75 bits per heavy atom. The largest absolute Gasteiger partial charge is 0.497 e. The van der Waals surface area contributed by atoms with Crippen LogP contribution in [-0.2, 0) is 6.42 Å². The van der Waals surface area contributed by atoms with E-state index in [0.717, 1.165) is 29.2 Å². The number of fused-ring (bicyclic) bond motifs is 1. The second-order valence-corrected chi connectivity index (χ2v) is 4.57. The zero-order valence-corrected chi connectivity index (χ0v) is 11.2. The van der Waals surface area contributed by atoms with E-state index >= 15 is 0 Å². The van der Waals surface area contributed by atoms with Gasteiger partial charge in [0.25, 0.3) is 5.91 Å². The van der Waals surface area contributed by atoms with Crippen molar-refractivity contribution in [3.63, 3.8) is 0 Å². The summed E-state index contributed by atoms with van der Waals surface area (Å²) in [6.45, 7) is 0.671. The van der Waals surface area contributed by atoms with Gasteiger partial charge in [-0.25, -0.2) is 0 Å². The molecule has 1 aliphatic rings. The van der Waals surface area contributed by atoms with Gasteiger partial charge in [-0.05, 0) is 35.9 Å². The van der Waals surface area contributed by atoms with E-state index in [9.17, 15) is 4.79 Å². The topological polar surface area (TPSA) is 47.6 Å². The van der Waals surface area contributed by atoms with Gasteiger partial charge in [0.2, 0.25) is 0 Å². The Hall–Kier alpha value is -2.49. The number of para-hydroxylation sites is 1. The Labute approximate surface area is 117 Å². The highest BCUT2D eigenvalue weighted by Crippen LogP contribution is 2.33. The number of amides is 1. The first-order chi connectivity index (χ1) is 9.78. The van der Waals surface area contributed by atoms with Crippen molar-refractivity contribution in [2.24, 2.45) is 0 Å². The van der Waals surface area contributed by atoms with E-state index in [0.29, 0.717) is 12.2 Å². The fraction of sp³-hybridized carbons (Fsp3) is 0.188. The third-order valence-electron chi connectivity index (χ3n) is 3.31. The first-order valence-electron chi connectivity index (χ1n) is 6.48. The fourth-order valence-corrected chi connectivity index (χ4v) is 2.25. The molecule has 0 fully saturated rings. The molecule has 4 nitrogen and oxygen atoms in total. The van der Waals surface area contributed by atoms with Gasteiger partial charge in [0.05, 0.1) is 19.4 Å². The van der Waals surface area contributed by atoms with Crippen LogP contribution in [0.4, 0.5) is 5.69 Å². The van der Waals surface area contributed by atoms with Crippen LogP contribution in [0.2, 0.25) is 0 Å². The molecule has 0 unspecified atom stereocenters. The number of hydrogen-bond donors (Lipinski definition) is 1. The van der Waals surface area contributed by atoms with Crippen molar-refractivity contribution in [1.82, 2.24) is 0 Å². The minimum atomic E-state index is -0.156. The summed E-state index contributed by atoms with van der Waals surface area (Å²) < 4.78 is 10.6. The van der Waals surface area contributed by atoms with Gasteiger partial charge in [0.1, 0.15) is 11.5 Å². The third kappa shape index (κ3) is 2.32. The van der Waals surface area contributed by atoms with Crippen molar-refractivity contribution in [2.45, 2.75) is 6.42 Å². The van der Waals surface area contributed by atoms with E-state index < -0.39 is 0 Å². The van der Waals surface area contributed by atoms with Crippen molar-refractivity contribution in [3.05, 3.63) is 53.6 Å². The number of carbonyl (C=O) groups excluding carboxylic acids is 1. The molecule has 0 saturated carbocycles. The first kappa shape index (κ1) is 12.5. The van der Waals surface area contributed by atoms with Crippen molar-refractivity contribution < 1.29 is 14.3 Å². The van der Waals surface area contributed by atoms with Crippen LogP contribution in [0.5, 0.6) is 11.5 Å². The van der Waals surface area contributed by atoms with Gasteiger partial charge < -0.3 is 14.8 Å². The zero-order chi connectivity index (χ0) is 13.9. The Balaban J connectivity index is 1.80. The number of hydrogen-bond acceptors (Lipinski definition) is 3. The Morgan fingerprint density at radius 2 is 2.00 bits per heavy atom. The number of nitrogens with one attached hydrogen (secondary N) is 1. The first-order valence-corrected chi connectivity index (χ1v) is 6.48. The van der Waals surface area contributed by atoms with Crippen molar-refractivity contribution >= 4 is 11.6 Å². The highest BCUT2D eigenvalue weighted by Gasteiger charge is 2.17. The molecule has 3 rings (SSSR count). The highest BCUT2D eigenvalue weighted by atomic mass is 16.5. The van der Waals surface area contributed by atoms with Crippen LogP contribution in [0.3, 0.4) is 0 Å². The summed E-state index contributed by atoms with van der Waals surface area (Å²) in [5, 5.41) is 2.89. The van der Waals surface area contributed by atoms with Crippen LogP contribution >= 0.6 is 0 Å². The van der Waals surface area contributed by atoms with E-state index in [-0.39, 0.29) is 5.91 Å². The molecular formula is C16H15NO3. The number of rotatable bonds is 3. The lowest BCUT2D eigenvalue weighted by Crippen LogP contribution is -2.12. The molecule has 1 aliphatic heterocycles. The van der Waals surface area contributed by atoms with Crippen molar-refractivity contribution in [2.75, 3.05) is 19.0 Å². The van der Waals surface area contributed by atoms with Gasteiger partial charge in [-0.3, -0.25) is 4.79 Å². The molecule has 0 aliphatic carbocycles. The third-order valence-corrected chi connectivity index (χ3v) is 3.31. The van der Waals surface area contributed by atoms with Crippen LogP contribution in [0.25, 0.3) is 0 Å². The molecule has 2 aromatic carbocycles. The SMILES string of the molecule is COc1ccc(C(=O)Nc2cccc3c2OCC3)cc1. The van der Waals surface area contributed by atoms with Gasteiger partial charge in [-0.1, -0.05) is 12.1 Å². The normalized spacial score (nSPS) is 12.4. The van der Waals surface area contributed by atoms with Crippen molar-refractivity contribution in [1.29, 1.82) is 0 Å². The Bertz CT molecular complexity index is 635. The molecule has 1 heterocycles. The average molecular weight is 269 g/mol. The predicted octanol–water partition coefficient (Wildman–Crippen LogP) is 2.88. The Morgan fingerprint density at radius 1 is 1.20 bits per heavy atom. The minimum absolute atomic E-state index is 0.156. The van der Waals surface area contributed by atoms with Gasteiger partial charge in [0.15, 0.2) is 0 Å². The van der Waals surface area contributed by atoms with Crippen LogP contribution in [0.15, 0.2) is 42.5 Å². The number of carbonyl (C=O) groups is 1. The quantitative estimate of drug-likeness (QED) is 0.932. The number of benzene rings is 2. The number of anilines is 1. The summed E-state index contributed by atoms with van der Waals surface area (Å²) in [7, 11) is 1.60. The molecule has 0 saturated heterocycles. The molecule has 0 radical (unpaired) electrons. The van der Waals surface area contributed by atoms with Crippen LogP contribution in [-0.4, -0.2) is 19.6 Å². The minimum Gasteiger partial charge on any atom is -0.497 e. The standard InChI is InChI=1S/C16H15NO3/c1-19-13-7-5-12(6-8-13)16(18)17-14-4-2-3-11-9-10-20-15(11)14/h2-8H,9-10H2,1H3,(H,17,18). The summed E-state index contributed by atoms with van der Waals surface area (Å²) in [5.74, 6) is 1.36. The van der Waals surface area contributed by atoms with Gasteiger partial charge in [-0.2, -0.15) is 0 Å². The molecule has 0 aromatic heterocycles. The van der Waals surface area contributed by atoms with E-state index in [2.05, 4.69) is 5.32 Å². The average Bonchev–Trinajstić information content (AvgIpc) is 2.97. The molecule has 2 aromatic rings. The molecule has 0 spiro atoms. The lowest BCUT2D eigenvalue weighted by molar-refractivity contribution is 0.102. The molecule has 20 heavy (non-hydrogen) atoms. The second kappa shape index (κ2) is 5.25. The highest BCUT2D eigenvalue weighted by molar-refractivity contribution is 6.05. The van der Waals surface area contributed by atoms with E-state index in [1.54, 1.807) is 31.4 Å². The van der Waals surface area contributed by atoms with Gasteiger partial charge >= 0.3 is 0 Å². The van der Waals surface area contributed by atoms with Gasteiger partial charge in [0, 0.05) is 12.0 Å². The molecule has 1 amide bonds. The maximum atomic E-state index is 12.2. The van der Waals surface area contributed by atoms with Crippen molar-refractivity contribution in [3.8, 4) is 11.5 Å². The van der Waals surface area contributed by atoms with E-state index in [1.165, 1.54) is 0 Å².